The quantitative estimate of drug-likeness (QED) is 0.922. The van der Waals surface area contributed by atoms with Gasteiger partial charge in [0.25, 0.3) is 0 Å². The predicted molar refractivity (Wildman–Crippen MR) is 72.4 cm³/mol. The van der Waals surface area contributed by atoms with E-state index in [0.717, 1.165) is 23.9 Å². The molecule has 1 amide bonds. The molecule has 1 saturated heterocycles. The van der Waals surface area contributed by atoms with Gasteiger partial charge in [-0.3, -0.25) is 9.59 Å². The molecule has 20 heavy (non-hydrogen) atoms. The van der Waals surface area contributed by atoms with Crippen LogP contribution in [0.3, 0.4) is 0 Å². The highest BCUT2D eigenvalue weighted by Gasteiger charge is 2.32. The lowest BCUT2D eigenvalue weighted by Crippen LogP contribution is -2.25. The Labute approximate surface area is 118 Å². The van der Waals surface area contributed by atoms with Gasteiger partial charge in [-0.1, -0.05) is 11.8 Å². The van der Waals surface area contributed by atoms with Crippen LogP contribution in [-0.2, 0) is 9.59 Å². The number of aromatic carboxylic acids is 1. The molecule has 0 aromatic heterocycles. The smallest absolute Gasteiger partial charge is 0.338 e. The lowest BCUT2D eigenvalue weighted by atomic mass is 10.2. The Kier molecular flexibility index (Phi) is 4.08. The number of halogens is 1. The summed E-state index contributed by atoms with van der Waals surface area (Å²) in [6, 6.07) is 3.55. The van der Waals surface area contributed by atoms with Crippen LogP contribution in [0.2, 0.25) is 0 Å². The molecule has 1 unspecified atom stereocenters. The minimum Gasteiger partial charge on any atom is -0.478 e. The SMILES string of the molecule is CC(=O)SC1CC(=O)N(c2ccc(C(=O)O)c(F)c2)C1. The average molecular weight is 297 g/mol. The number of carboxylic acids is 1. The molecule has 0 saturated carbocycles. The standard InChI is InChI=1S/C13H12FNO4S/c1-7(16)20-9-5-12(17)15(6-9)8-2-3-10(13(18)19)11(14)4-8/h2-4,9H,5-6H2,1H3,(H,18,19). The van der Waals surface area contributed by atoms with E-state index in [1.165, 1.54) is 17.9 Å². The average Bonchev–Trinajstić information content (AvgIpc) is 2.68. The van der Waals surface area contributed by atoms with Gasteiger partial charge in [0.1, 0.15) is 5.82 Å². The summed E-state index contributed by atoms with van der Waals surface area (Å²) in [5.41, 5.74) is -0.126. The van der Waals surface area contributed by atoms with Crippen molar-refractivity contribution in [1.29, 1.82) is 0 Å². The Morgan fingerprint density at radius 2 is 2.15 bits per heavy atom. The zero-order valence-electron chi connectivity index (χ0n) is 10.6. The van der Waals surface area contributed by atoms with Crippen LogP contribution in [0.25, 0.3) is 0 Å². The van der Waals surface area contributed by atoms with Crippen LogP contribution < -0.4 is 4.90 Å². The molecule has 0 radical (unpaired) electrons. The summed E-state index contributed by atoms with van der Waals surface area (Å²) in [6.07, 6.45) is 0.215. The Bertz CT molecular complexity index is 590. The van der Waals surface area contributed by atoms with E-state index in [9.17, 15) is 18.8 Å². The van der Waals surface area contributed by atoms with Gasteiger partial charge in [-0.05, 0) is 18.2 Å². The van der Waals surface area contributed by atoms with E-state index in [1.807, 2.05) is 0 Å². The largest absolute Gasteiger partial charge is 0.478 e. The number of carbonyl (C=O) groups is 3. The molecule has 106 valence electrons. The third-order valence-electron chi connectivity index (χ3n) is 2.92. The summed E-state index contributed by atoms with van der Waals surface area (Å²) >= 11 is 1.09. The van der Waals surface area contributed by atoms with Crippen molar-refractivity contribution in [2.45, 2.75) is 18.6 Å². The molecule has 1 N–H and O–H groups in total. The van der Waals surface area contributed by atoms with Crippen LogP contribution in [0.5, 0.6) is 0 Å². The van der Waals surface area contributed by atoms with E-state index in [4.69, 9.17) is 5.11 Å². The first-order valence-corrected chi connectivity index (χ1v) is 6.77. The van der Waals surface area contributed by atoms with E-state index < -0.39 is 17.3 Å². The summed E-state index contributed by atoms with van der Waals surface area (Å²) in [6.45, 7) is 1.74. The Balaban J connectivity index is 2.20. The van der Waals surface area contributed by atoms with Gasteiger partial charge in [-0.15, -0.1) is 0 Å². The number of nitrogens with zero attached hydrogens (tertiary/aromatic N) is 1. The van der Waals surface area contributed by atoms with Crippen LogP contribution in [0.4, 0.5) is 10.1 Å². The van der Waals surface area contributed by atoms with Crippen molar-refractivity contribution in [2.24, 2.45) is 0 Å². The van der Waals surface area contributed by atoms with E-state index in [1.54, 1.807) is 0 Å². The number of amides is 1. The second-order valence-corrected chi connectivity index (χ2v) is 5.89. The first kappa shape index (κ1) is 14.5. The number of thioether (sulfide) groups is 1. The summed E-state index contributed by atoms with van der Waals surface area (Å²) in [5, 5.41) is 8.53. The Morgan fingerprint density at radius 1 is 1.45 bits per heavy atom. The van der Waals surface area contributed by atoms with E-state index in [0.29, 0.717) is 12.2 Å². The van der Waals surface area contributed by atoms with Gasteiger partial charge < -0.3 is 10.0 Å². The van der Waals surface area contributed by atoms with Crippen LogP contribution in [0.1, 0.15) is 23.7 Å². The first-order chi connectivity index (χ1) is 9.38. The molecule has 1 aliphatic rings. The number of anilines is 1. The van der Waals surface area contributed by atoms with E-state index in [-0.39, 0.29) is 22.7 Å². The highest BCUT2D eigenvalue weighted by atomic mass is 32.2. The van der Waals surface area contributed by atoms with Crippen LogP contribution in [0.15, 0.2) is 18.2 Å². The first-order valence-electron chi connectivity index (χ1n) is 5.89. The van der Waals surface area contributed by atoms with Crippen molar-refractivity contribution < 1.29 is 23.9 Å². The molecule has 1 heterocycles. The second-order valence-electron chi connectivity index (χ2n) is 4.41. The molecule has 1 atom stereocenters. The number of carbonyl (C=O) groups excluding carboxylic acids is 2. The van der Waals surface area contributed by atoms with Gasteiger partial charge in [0.15, 0.2) is 5.12 Å². The van der Waals surface area contributed by atoms with Gasteiger partial charge in [-0.25, -0.2) is 9.18 Å². The van der Waals surface area contributed by atoms with E-state index in [2.05, 4.69) is 0 Å². The van der Waals surface area contributed by atoms with Crippen molar-refractivity contribution in [3.8, 4) is 0 Å². The number of carboxylic acid groups (broad SMARTS) is 1. The zero-order chi connectivity index (χ0) is 14.9. The monoisotopic (exact) mass is 297 g/mol. The topological polar surface area (TPSA) is 74.7 Å². The van der Waals surface area contributed by atoms with Crippen LogP contribution in [-0.4, -0.2) is 33.9 Å². The van der Waals surface area contributed by atoms with Crippen molar-refractivity contribution >= 4 is 34.4 Å². The molecular weight excluding hydrogens is 285 g/mol. The molecule has 5 nitrogen and oxygen atoms in total. The molecule has 0 bridgehead atoms. The molecule has 0 aliphatic carbocycles. The third kappa shape index (κ3) is 2.98. The predicted octanol–water partition coefficient (Wildman–Crippen LogP) is 1.91. The highest BCUT2D eigenvalue weighted by Crippen LogP contribution is 2.29. The molecule has 1 fully saturated rings. The van der Waals surface area contributed by atoms with Crippen LogP contribution >= 0.6 is 11.8 Å². The fraction of sp³-hybridized carbons (Fsp3) is 0.308. The third-order valence-corrected chi connectivity index (χ3v) is 3.90. The minimum atomic E-state index is -1.35. The fourth-order valence-electron chi connectivity index (χ4n) is 2.08. The Hall–Kier alpha value is -1.89. The molecule has 0 spiro atoms. The second kappa shape index (κ2) is 5.62. The number of benzene rings is 1. The highest BCUT2D eigenvalue weighted by molar-refractivity contribution is 8.14. The number of hydrogen-bond acceptors (Lipinski definition) is 4. The van der Waals surface area contributed by atoms with Crippen molar-refractivity contribution in [2.75, 3.05) is 11.4 Å². The fourth-order valence-corrected chi connectivity index (χ4v) is 3.00. The van der Waals surface area contributed by atoms with Gasteiger partial charge >= 0.3 is 5.97 Å². The van der Waals surface area contributed by atoms with Gasteiger partial charge in [0.05, 0.1) is 5.56 Å². The maximum absolute atomic E-state index is 13.6. The lowest BCUT2D eigenvalue weighted by molar-refractivity contribution is -0.117. The molecule has 2 rings (SSSR count). The van der Waals surface area contributed by atoms with Crippen molar-refractivity contribution in [3.05, 3.63) is 29.6 Å². The van der Waals surface area contributed by atoms with Crippen molar-refractivity contribution in [3.63, 3.8) is 0 Å². The number of hydrogen-bond donors (Lipinski definition) is 1. The Morgan fingerprint density at radius 3 is 2.70 bits per heavy atom. The summed E-state index contributed by atoms with van der Waals surface area (Å²) in [4.78, 5) is 35.0. The molecule has 1 aromatic rings. The molecular formula is C13H12FNO4S. The maximum Gasteiger partial charge on any atom is 0.338 e. The zero-order valence-corrected chi connectivity index (χ0v) is 11.4. The molecule has 1 aromatic carbocycles. The normalized spacial score (nSPS) is 18.4. The van der Waals surface area contributed by atoms with Gasteiger partial charge in [0, 0.05) is 30.8 Å². The minimum absolute atomic E-state index is 0.0722. The lowest BCUT2D eigenvalue weighted by Gasteiger charge is -2.16. The molecule has 7 heteroatoms. The summed E-state index contributed by atoms with van der Waals surface area (Å²) < 4.78 is 13.6. The maximum atomic E-state index is 13.6. The van der Waals surface area contributed by atoms with Gasteiger partial charge in [0.2, 0.25) is 5.91 Å². The van der Waals surface area contributed by atoms with Crippen molar-refractivity contribution in [1.82, 2.24) is 0 Å². The van der Waals surface area contributed by atoms with Gasteiger partial charge in [-0.2, -0.15) is 0 Å². The molecule has 1 aliphatic heterocycles. The summed E-state index contributed by atoms with van der Waals surface area (Å²) in [5.74, 6) is -2.44. The summed E-state index contributed by atoms with van der Waals surface area (Å²) in [7, 11) is 0. The van der Waals surface area contributed by atoms with Crippen LogP contribution in [0, 0.1) is 5.82 Å². The van der Waals surface area contributed by atoms with E-state index >= 15 is 0 Å². The number of rotatable bonds is 3.